The van der Waals surface area contributed by atoms with Gasteiger partial charge < -0.3 is 10.2 Å². The lowest BCUT2D eigenvalue weighted by molar-refractivity contribution is 0.518. The summed E-state index contributed by atoms with van der Waals surface area (Å²) in [6.45, 7) is 4.35. The molecule has 3 nitrogen and oxygen atoms in total. The number of aromatic nitrogens is 1. The monoisotopic (exact) mass is 202 g/mol. The van der Waals surface area contributed by atoms with Crippen LogP contribution in [0.15, 0.2) is 28.7 Å². The highest BCUT2D eigenvalue weighted by Crippen LogP contribution is 2.21. The van der Waals surface area contributed by atoms with Crippen LogP contribution in [-0.2, 0) is 6.54 Å². The Labute approximate surface area is 88.9 Å². The molecular formula is C12H14N2O. The van der Waals surface area contributed by atoms with E-state index in [1.165, 1.54) is 5.56 Å². The second-order valence-electron chi connectivity index (χ2n) is 3.60. The number of nitrogens with zero attached hydrogens (tertiary/aromatic N) is 1. The van der Waals surface area contributed by atoms with Gasteiger partial charge in [0.2, 0.25) is 5.89 Å². The van der Waals surface area contributed by atoms with Crippen LogP contribution in [0, 0.1) is 13.8 Å². The summed E-state index contributed by atoms with van der Waals surface area (Å²) in [6, 6.07) is 8.08. The first-order valence-corrected chi connectivity index (χ1v) is 4.94. The number of hydrogen-bond donors (Lipinski definition) is 1. The highest BCUT2D eigenvalue weighted by molar-refractivity contribution is 5.54. The van der Waals surface area contributed by atoms with E-state index in [1.807, 2.05) is 31.2 Å². The van der Waals surface area contributed by atoms with Crippen LogP contribution in [0.5, 0.6) is 0 Å². The van der Waals surface area contributed by atoms with Crippen molar-refractivity contribution >= 4 is 0 Å². The molecule has 0 aliphatic heterocycles. The smallest absolute Gasteiger partial charge is 0.226 e. The molecule has 0 saturated carbocycles. The zero-order valence-corrected chi connectivity index (χ0v) is 8.95. The van der Waals surface area contributed by atoms with Crippen molar-refractivity contribution in [1.82, 2.24) is 4.98 Å². The predicted octanol–water partition coefficient (Wildman–Crippen LogP) is 2.42. The van der Waals surface area contributed by atoms with Gasteiger partial charge in [-0.1, -0.05) is 17.7 Å². The number of aryl methyl sites for hydroxylation is 2. The van der Waals surface area contributed by atoms with E-state index in [-0.39, 0.29) is 0 Å². The Hall–Kier alpha value is -1.61. The molecule has 0 aliphatic rings. The van der Waals surface area contributed by atoms with Gasteiger partial charge in [0.25, 0.3) is 0 Å². The van der Waals surface area contributed by atoms with E-state index in [2.05, 4.69) is 11.9 Å². The van der Waals surface area contributed by atoms with E-state index in [1.54, 1.807) is 0 Å². The van der Waals surface area contributed by atoms with Gasteiger partial charge in [-0.25, -0.2) is 4.98 Å². The molecule has 0 unspecified atom stereocenters. The van der Waals surface area contributed by atoms with Crippen LogP contribution < -0.4 is 5.73 Å². The van der Waals surface area contributed by atoms with Gasteiger partial charge in [-0.2, -0.15) is 0 Å². The van der Waals surface area contributed by atoms with Crippen molar-refractivity contribution in [1.29, 1.82) is 0 Å². The lowest BCUT2D eigenvalue weighted by Crippen LogP contribution is -1.95. The highest BCUT2D eigenvalue weighted by Gasteiger charge is 2.09. The summed E-state index contributed by atoms with van der Waals surface area (Å²) in [7, 11) is 0. The average Bonchev–Trinajstić information content (AvgIpc) is 2.61. The third-order valence-electron chi connectivity index (χ3n) is 2.38. The van der Waals surface area contributed by atoms with Crippen molar-refractivity contribution in [3.8, 4) is 11.5 Å². The quantitative estimate of drug-likeness (QED) is 0.813. The first kappa shape index (κ1) is 9.93. The maximum Gasteiger partial charge on any atom is 0.226 e. The Kier molecular flexibility index (Phi) is 2.56. The van der Waals surface area contributed by atoms with Crippen LogP contribution in [0.25, 0.3) is 11.5 Å². The Balaban J connectivity index is 2.41. The maximum atomic E-state index is 5.55. The van der Waals surface area contributed by atoms with Crippen molar-refractivity contribution in [2.75, 3.05) is 0 Å². The lowest BCUT2D eigenvalue weighted by atomic mass is 10.1. The minimum atomic E-state index is 0.394. The molecule has 0 radical (unpaired) electrons. The third-order valence-corrected chi connectivity index (χ3v) is 2.38. The molecule has 2 aromatic rings. The van der Waals surface area contributed by atoms with Gasteiger partial charge in [0.15, 0.2) is 0 Å². The summed E-state index contributed by atoms with van der Waals surface area (Å²) in [4.78, 5) is 4.33. The fourth-order valence-electron chi connectivity index (χ4n) is 1.44. The molecule has 0 amide bonds. The number of hydrogen-bond acceptors (Lipinski definition) is 3. The molecule has 0 fully saturated rings. The van der Waals surface area contributed by atoms with E-state index in [0.29, 0.717) is 12.4 Å². The van der Waals surface area contributed by atoms with Crippen LogP contribution in [0.1, 0.15) is 17.0 Å². The first-order valence-electron chi connectivity index (χ1n) is 4.94. The Bertz CT molecular complexity index is 457. The molecule has 0 bridgehead atoms. The summed E-state index contributed by atoms with van der Waals surface area (Å²) in [5, 5.41) is 0. The van der Waals surface area contributed by atoms with E-state index in [0.717, 1.165) is 17.0 Å². The van der Waals surface area contributed by atoms with E-state index in [4.69, 9.17) is 10.2 Å². The van der Waals surface area contributed by atoms with Crippen LogP contribution >= 0.6 is 0 Å². The van der Waals surface area contributed by atoms with Crippen molar-refractivity contribution in [2.45, 2.75) is 20.4 Å². The molecule has 3 heteroatoms. The summed E-state index contributed by atoms with van der Waals surface area (Å²) in [6.07, 6.45) is 0. The molecule has 2 rings (SSSR count). The molecule has 0 saturated heterocycles. The van der Waals surface area contributed by atoms with Crippen molar-refractivity contribution < 1.29 is 4.42 Å². The van der Waals surface area contributed by atoms with Crippen LogP contribution in [0.2, 0.25) is 0 Å². The predicted molar refractivity (Wildman–Crippen MR) is 59.3 cm³/mol. The van der Waals surface area contributed by atoms with Gasteiger partial charge in [0.1, 0.15) is 5.76 Å². The molecule has 0 aliphatic carbocycles. The fourth-order valence-corrected chi connectivity index (χ4v) is 1.44. The molecule has 78 valence electrons. The third kappa shape index (κ3) is 1.92. The average molecular weight is 202 g/mol. The van der Waals surface area contributed by atoms with Crippen molar-refractivity contribution in [3.05, 3.63) is 41.3 Å². The zero-order chi connectivity index (χ0) is 10.8. The number of oxazole rings is 1. The molecule has 1 heterocycles. The normalized spacial score (nSPS) is 10.6. The number of benzene rings is 1. The zero-order valence-electron chi connectivity index (χ0n) is 8.95. The molecule has 15 heavy (non-hydrogen) atoms. The highest BCUT2D eigenvalue weighted by atomic mass is 16.4. The van der Waals surface area contributed by atoms with Crippen LogP contribution in [-0.4, -0.2) is 4.98 Å². The summed E-state index contributed by atoms with van der Waals surface area (Å²) >= 11 is 0. The second-order valence-corrected chi connectivity index (χ2v) is 3.60. The Morgan fingerprint density at radius 1 is 1.20 bits per heavy atom. The summed E-state index contributed by atoms with van der Waals surface area (Å²) < 4.78 is 5.55. The maximum absolute atomic E-state index is 5.55. The van der Waals surface area contributed by atoms with E-state index >= 15 is 0 Å². The van der Waals surface area contributed by atoms with Crippen molar-refractivity contribution in [2.24, 2.45) is 5.73 Å². The Morgan fingerprint density at radius 2 is 1.87 bits per heavy atom. The standard InChI is InChI=1S/C12H14N2O/c1-8-3-5-10(6-4-8)12-14-9(2)11(7-13)15-12/h3-6H,7,13H2,1-2H3. The SMILES string of the molecule is Cc1ccc(-c2nc(C)c(CN)o2)cc1. The molecule has 0 spiro atoms. The lowest BCUT2D eigenvalue weighted by Gasteiger charge is -1.95. The molecule has 0 atom stereocenters. The van der Waals surface area contributed by atoms with Gasteiger partial charge in [0, 0.05) is 5.56 Å². The Morgan fingerprint density at radius 3 is 2.40 bits per heavy atom. The van der Waals surface area contributed by atoms with Gasteiger partial charge in [0.05, 0.1) is 12.2 Å². The van der Waals surface area contributed by atoms with E-state index < -0.39 is 0 Å². The second kappa shape index (κ2) is 3.87. The molecule has 1 aromatic carbocycles. The van der Waals surface area contributed by atoms with Gasteiger partial charge in [-0.05, 0) is 26.0 Å². The molecule has 1 aromatic heterocycles. The van der Waals surface area contributed by atoms with E-state index in [9.17, 15) is 0 Å². The first-order chi connectivity index (χ1) is 7.20. The van der Waals surface area contributed by atoms with Gasteiger partial charge in [-0.3, -0.25) is 0 Å². The largest absolute Gasteiger partial charge is 0.440 e. The topological polar surface area (TPSA) is 52.0 Å². The molecule has 2 N–H and O–H groups in total. The van der Waals surface area contributed by atoms with Crippen molar-refractivity contribution in [3.63, 3.8) is 0 Å². The van der Waals surface area contributed by atoms with Gasteiger partial charge in [-0.15, -0.1) is 0 Å². The molecular weight excluding hydrogens is 188 g/mol. The fraction of sp³-hybridized carbons (Fsp3) is 0.250. The summed E-state index contributed by atoms with van der Waals surface area (Å²) in [5.41, 5.74) is 8.61. The minimum Gasteiger partial charge on any atom is -0.440 e. The minimum absolute atomic E-state index is 0.394. The van der Waals surface area contributed by atoms with Gasteiger partial charge >= 0.3 is 0 Å². The van der Waals surface area contributed by atoms with Crippen LogP contribution in [0.3, 0.4) is 0 Å². The summed E-state index contributed by atoms with van der Waals surface area (Å²) in [5.74, 6) is 1.40. The number of nitrogens with two attached hydrogens (primary N) is 1. The van der Waals surface area contributed by atoms with Crippen LogP contribution in [0.4, 0.5) is 0 Å². The number of rotatable bonds is 2.